The van der Waals surface area contributed by atoms with E-state index in [1.165, 1.54) is 32.2 Å². The van der Waals surface area contributed by atoms with Gasteiger partial charge in [0, 0.05) is 12.1 Å². The highest BCUT2D eigenvalue weighted by molar-refractivity contribution is 4.93. The third-order valence-electron chi connectivity index (χ3n) is 5.13. The number of hydrogen-bond donors (Lipinski definition) is 1. The molecule has 0 aliphatic heterocycles. The second kappa shape index (κ2) is 7.79. The van der Waals surface area contributed by atoms with Gasteiger partial charge in [-0.25, -0.2) is 0 Å². The molecule has 1 saturated carbocycles. The van der Waals surface area contributed by atoms with E-state index in [1.54, 1.807) is 0 Å². The van der Waals surface area contributed by atoms with E-state index in [0.29, 0.717) is 17.5 Å². The lowest BCUT2D eigenvalue weighted by Crippen LogP contribution is -2.53. The second-order valence-electron chi connectivity index (χ2n) is 8.27. The van der Waals surface area contributed by atoms with Crippen LogP contribution in [0.4, 0.5) is 0 Å². The smallest absolute Gasteiger partial charge is 0.0249 e. The van der Waals surface area contributed by atoms with Crippen LogP contribution >= 0.6 is 0 Å². The van der Waals surface area contributed by atoms with Crippen LogP contribution in [0.3, 0.4) is 0 Å². The molecular formula is C18H38N2. The molecule has 3 atom stereocenters. The molecule has 0 heterocycles. The van der Waals surface area contributed by atoms with E-state index in [-0.39, 0.29) is 0 Å². The Hall–Kier alpha value is -0.0800. The largest absolute Gasteiger partial charge is 0.313 e. The zero-order valence-electron chi connectivity index (χ0n) is 15.0. The van der Waals surface area contributed by atoms with Crippen LogP contribution in [-0.4, -0.2) is 37.1 Å². The summed E-state index contributed by atoms with van der Waals surface area (Å²) in [5.41, 5.74) is 0.453. The molecule has 1 fully saturated rings. The fourth-order valence-corrected chi connectivity index (χ4v) is 3.55. The van der Waals surface area contributed by atoms with Crippen molar-refractivity contribution >= 4 is 0 Å². The van der Waals surface area contributed by atoms with Gasteiger partial charge in [-0.15, -0.1) is 0 Å². The van der Waals surface area contributed by atoms with Crippen molar-refractivity contribution in [3.05, 3.63) is 0 Å². The summed E-state index contributed by atoms with van der Waals surface area (Å²) in [6, 6.07) is 1.41. The summed E-state index contributed by atoms with van der Waals surface area (Å²) < 4.78 is 0. The van der Waals surface area contributed by atoms with Gasteiger partial charge in [0.2, 0.25) is 0 Å². The van der Waals surface area contributed by atoms with Gasteiger partial charge in [-0.05, 0) is 63.1 Å². The van der Waals surface area contributed by atoms with Crippen LogP contribution in [0, 0.1) is 17.3 Å². The van der Waals surface area contributed by atoms with E-state index in [4.69, 9.17) is 0 Å². The fraction of sp³-hybridized carbons (Fsp3) is 1.00. The summed E-state index contributed by atoms with van der Waals surface area (Å²) in [5.74, 6) is 1.67. The third-order valence-corrected chi connectivity index (χ3v) is 5.13. The maximum absolute atomic E-state index is 3.73. The maximum atomic E-state index is 3.73. The van der Waals surface area contributed by atoms with Gasteiger partial charge in [0.1, 0.15) is 0 Å². The number of nitrogens with zero attached hydrogens (tertiary/aromatic N) is 1. The van der Waals surface area contributed by atoms with Gasteiger partial charge in [-0.3, -0.25) is 0 Å². The SMILES string of the molecule is CCNC1CCC(C(C)(C)C)CC1N(C)CCC(C)C. The average molecular weight is 283 g/mol. The molecule has 0 amide bonds. The number of nitrogens with one attached hydrogen (secondary N) is 1. The topological polar surface area (TPSA) is 15.3 Å². The van der Waals surface area contributed by atoms with Crippen LogP contribution in [0.1, 0.15) is 67.2 Å². The monoisotopic (exact) mass is 282 g/mol. The highest BCUT2D eigenvalue weighted by atomic mass is 15.2. The van der Waals surface area contributed by atoms with Crippen molar-refractivity contribution in [2.24, 2.45) is 17.3 Å². The van der Waals surface area contributed by atoms with Crippen molar-refractivity contribution in [1.82, 2.24) is 10.2 Å². The predicted octanol–water partition coefficient (Wildman–Crippen LogP) is 4.16. The molecule has 0 bridgehead atoms. The normalized spacial score (nSPS) is 28.4. The molecule has 2 heteroatoms. The molecule has 3 unspecified atom stereocenters. The van der Waals surface area contributed by atoms with Crippen molar-refractivity contribution in [3.8, 4) is 0 Å². The van der Waals surface area contributed by atoms with Gasteiger partial charge in [-0.2, -0.15) is 0 Å². The van der Waals surface area contributed by atoms with Crippen LogP contribution in [0.5, 0.6) is 0 Å². The average Bonchev–Trinajstić information content (AvgIpc) is 2.35. The van der Waals surface area contributed by atoms with Gasteiger partial charge in [0.05, 0.1) is 0 Å². The standard InChI is InChI=1S/C18H38N2/c1-8-19-16-10-9-15(18(4,5)6)13-17(16)20(7)12-11-14(2)3/h14-17,19H,8-13H2,1-7H3. The molecule has 1 rings (SSSR count). The van der Waals surface area contributed by atoms with Crippen LogP contribution in [0.2, 0.25) is 0 Å². The zero-order chi connectivity index (χ0) is 15.3. The summed E-state index contributed by atoms with van der Waals surface area (Å²) in [4.78, 5) is 2.63. The Kier molecular flexibility index (Phi) is 7.00. The summed E-state index contributed by atoms with van der Waals surface area (Å²) in [6.07, 6.45) is 5.39. The number of likely N-dealkylation sites (N-methyl/N-ethyl adjacent to an activating group) is 2. The van der Waals surface area contributed by atoms with E-state index in [0.717, 1.165) is 18.4 Å². The minimum atomic E-state index is 0.453. The molecule has 20 heavy (non-hydrogen) atoms. The molecule has 1 aliphatic rings. The van der Waals surface area contributed by atoms with E-state index >= 15 is 0 Å². The van der Waals surface area contributed by atoms with Gasteiger partial charge < -0.3 is 10.2 Å². The Morgan fingerprint density at radius 3 is 2.35 bits per heavy atom. The maximum Gasteiger partial charge on any atom is 0.0249 e. The van der Waals surface area contributed by atoms with Gasteiger partial charge in [0.15, 0.2) is 0 Å². The summed E-state index contributed by atoms with van der Waals surface area (Å²) in [6.45, 7) is 16.5. The first kappa shape index (κ1) is 18.0. The zero-order valence-corrected chi connectivity index (χ0v) is 15.0. The molecule has 0 radical (unpaired) electrons. The van der Waals surface area contributed by atoms with Gasteiger partial charge in [0.25, 0.3) is 0 Å². The Morgan fingerprint density at radius 2 is 1.85 bits per heavy atom. The quantitative estimate of drug-likeness (QED) is 0.787. The van der Waals surface area contributed by atoms with Crippen LogP contribution in [0.25, 0.3) is 0 Å². The first-order valence-electron chi connectivity index (χ1n) is 8.69. The minimum absolute atomic E-state index is 0.453. The Balaban J connectivity index is 2.67. The first-order valence-corrected chi connectivity index (χ1v) is 8.69. The molecule has 2 nitrogen and oxygen atoms in total. The lowest BCUT2D eigenvalue weighted by atomic mass is 9.69. The van der Waals surface area contributed by atoms with Crippen LogP contribution < -0.4 is 5.32 Å². The number of rotatable bonds is 6. The summed E-state index contributed by atoms with van der Waals surface area (Å²) in [7, 11) is 2.34. The van der Waals surface area contributed by atoms with Crippen molar-refractivity contribution in [1.29, 1.82) is 0 Å². The molecule has 0 aromatic heterocycles. The minimum Gasteiger partial charge on any atom is -0.313 e. The molecule has 0 aromatic rings. The molecule has 120 valence electrons. The van der Waals surface area contributed by atoms with E-state index < -0.39 is 0 Å². The number of hydrogen-bond acceptors (Lipinski definition) is 2. The fourth-order valence-electron chi connectivity index (χ4n) is 3.55. The Bertz CT molecular complexity index is 267. The van der Waals surface area contributed by atoms with E-state index in [2.05, 4.69) is 58.8 Å². The van der Waals surface area contributed by atoms with E-state index in [9.17, 15) is 0 Å². The molecular weight excluding hydrogens is 244 g/mol. The molecule has 1 aliphatic carbocycles. The Labute approximate surface area is 127 Å². The lowest BCUT2D eigenvalue weighted by molar-refractivity contribution is 0.0706. The van der Waals surface area contributed by atoms with Gasteiger partial charge in [-0.1, -0.05) is 41.5 Å². The second-order valence-corrected chi connectivity index (χ2v) is 8.27. The predicted molar refractivity (Wildman–Crippen MR) is 90.1 cm³/mol. The van der Waals surface area contributed by atoms with Crippen molar-refractivity contribution in [2.45, 2.75) is 79.3 Å². The molecule has 1 N–H and O–H groups in total. The highest BCUT2D eigenvalue weighted by Gasteiger charge is 2.37. The van der Waals surface area contributed by atoms with Crippen molar-refractivity contribution in [2.75, 3.05) is 20.1 Å². The molecule has 0 saturated heterocycles. The van der Waals surface area contributed by atoms with Crippen LogP contribution in [0.15, 0.2) is 0 Å². The Morgan fingerprint density at radius 1 is 1.20 bits per heavy atom. The first-order chi connectivity index (χ1) is 9.25. The molecule has 0 spiro atoms. The van der Waals surface area contributed by atoms with E-state index in [1.807, 2.05) is 0 Å². The summed E-state index contributed by atoms with van der Waals surface area (Å²) >= 11 is 0. The van der Waals surface area contributed by atoms with Crippen molar-refractivity contribution < 1.29 is 0 Å². The third kappa shape index (κ3) is 5.37. The lowest BCUT2D eigenvalue weighted by Gasteiger charge is -2.45. The van der Waals surface area contributed by atoms with Gasteiger partial charge >= 0.3 is 0 Å². The molecule has 0 aromatic carbocycles. The summed E-state index contributed by atoms with van der Waals surface area (Å²) in [5, 5.41) is 3.73. The highest BCUT2D eigenvalue weighted by Crippen LogP contribution is 2.39. The van der Waals surface area contributed by atoms with Crippen LogP contribution in [-0.2, 0) is 0 Å². The van der Waals surface area contributed by atoms with Crippen molar-refractivity contribution in [3.63, 3.8) is 0 Å².